The Hall–Kier alpha value is -1.47. The summed E-state index contributed by atoms with van der Waals surface area (Å²) in [5.74, 6) is 0.125. The van der Waals surface area contributed by atoms with Crippen LogP contribution in [0.15, 0.2) is 6.20 Å². The highest BCUT2D eigenvalue weighted by molar-refractivity contribution is 6.28. The first-order chi connectivity index (χ1) is 8.42. The lowest BCUT2D eigenvalue weighted by atomic mass is 9.95. The number of ether oxygens (including phenoxy) is 1. The zero-order valence-electron chi connectivity index (χ0n) is 10.0. The van der Waals surface area contributed by atoms with E-state index in [4.69, 9.17) is 16.3 Å². The Bertz CT molecular complexity index is 484. The van der Waals surface area contributed by atoms with E-state index in [9.17, 15) is 10.1 Å². The number of halogens is 1. The quantitative estimate of drug-likeness (QED) is 0.514. The van der Waals surface area contributed by atoms with Crippen LogP contribution in [-0.4, -0.2) is 33.1 Å². The van der Waals surface area contributed by atoms with Crippen LogP contribution in [0.4, 0.5) is 11.5 Å². The molecule has 2 heterocycles. The van der Waals surface area contributed by atoms with E-state index in [0.717, 1.165) is 12.6 Å². The molecule has 2 unspecified atom stereocenters. The third kappa shape index (κ3) is 2.37. The van der Waals surface area contributed by atoms with Gasteiger partial charge in [0.2, 0.25) is 11.1 Å². The minimum Gasteiger partial charge on any atom is -0.376 e. The molecule has 7 nitrogen and oxygen atoms in total. The lowest BCUT2D eigenvalue weighted by molar-refractivity contribution is -0.384. The van der Waals surface area contributed by atoms with E-state index < -0.39 is 10.5 Å². The molecule has 1 saturated heterocycles. The van der Waals surface area contributed by atoms with Crippen molar-refractivity contribution >= 4 is 23.1 Å². The molecule has 1 aromatic heterocycles. The molecule has 0 radical (unpaired) electrons. The number of nitrogens with zero attached hydrogens (tertiary/aromatic N) is 3. The minimum atomic E-state index is -0.539. The monoisotopic (exact) mass is 272 g/mol. The smallest absolute Gasteiger partial charge is 0.329 e. The second-order valence-corrected chi connectivity index (χ2v) is 4.77. The lowest BCUT2D eigenvalue weighted by Crippen LogP contribution is -2.41. The molecular formula is C10H13ClN4O3. The summed E-state index contributed by atoms with van der Waals surface area (Å²) in [6.07, 6.45) is 1.78. The van der Waals surface area contributed by atoms with E-state index in [1.807, 2.05) is 13.8 Å². The fraction of sp³-hybridized carbons (Fsp3) is 0.600. The highest BCUT2D eigenvalue weighted by Crippen LogP contribution is 2.32. The molecule has 2 rings (SSSR count). The van der Waals surface area contributed by atoms with Crippen LogP contribution in [-0.2, 0) is 4.74 Å². The van der Waals surface area contributed by atoms with Gasteiger partial charge in [0.15, 0.2) is 0 Å². The zero-order valence-corrected chi connectivity index (χ0v) is 10.8. The van der Waals surface area contributed by atoms with Gasteiger partial charge in [0.05, 0.1) is 16.6 Å². The summed E-state index contributed by atoms with van der Waals surface area (Å²) in [4.78, 5) is 17.9. The van der Waals surface area contributed by atoms with Gasteiger partial charge in [-0.25, -0.2) is 4.98 Å². The number of hydrogen-bond donors (Lipinski definition) is 1. The molecule has 1 fully saturated rings. The predicted octanol–water partition coefficient (Wildman–Crippen LogP) is 2.02. The van der Waals surface area contributed by atoms with Gasteiger partial charge >= 0.3 is 5.69 Å². The van der Waals surface area contributed by atoms with Crippen molar-refractivity contribution in [1.29, 1.82) is 0 Å². The maximum Gasteiger partial charge on any atom is 0.329 e. The molecule has 0 saturated carbocycles. The number of rotatable bonds is 3. The van der Waals surface area contributed by atoms with E-state index in [1.54, 1.807) is 0 Å². The Morgan fingerprint density at radius 3 is 3.00 bits per heavy atom. The van der Waals surface area contributed by atoms with Crippen LogP contribution in [0.3, 0.4) is 0 Å². The van der Waals surface area contributed by atoms with Gasteiger partial charge in [-0.15, -0.1) is 0 Å². The van der Waals surface area contributed by atoms with Crippen molar-refractivity contribution in [3.63, 3.8) is 0 Å². The van der Waals surface area contributed by atoms with Crippen molar-refractivity contribution in [2.45, 2.75) is 31.9 Å². The van der Waals surface area contributed by atoms with Crippen LogP contribution in [0.2, 0.25) is 5.28 Å². The van der Waals surface area contributed by atoms with E-state index >= 15 is 0 Å². The molecule has 0 amide bonds. The van der Waals surface area contributed by atoms with Gasteiger partial charge in [-0.3, -0.25) is 10.1 Å². The van der Waals surface area contributed by atoms with Crippen LogP contribution in [0.1, 0.15) is 20.3 Å². The molecule has 8 heteroatoms. The predicted molar refractivity (Wildman–Crippen MR) is 65.8 cm³/mol. The molecule has 1 aliphatic heterocycles. The van der Waals surface area contributed by atoms with Gasteiger partial charge in [-0.05, 0) is 31.9 Å². The lowest BCUT2D eigenvalue weighted by Gasteiger charge is -2.29. The topological polar surface area (TPSA) is 90.2 Å². The Morgan fingerprint density at radius 2 is 2.44 bits per heavy atom. The number of nitrogens with one attached hydrogen (secondary N) is 1. The maximum absolute atomic E-state index is 10.9. The van der Waals surface area contributed by atoms with Gasteiger partial charge in [0, 0.05) is 6.61 Å². The molecular weight excluding hydrogens is 260 g/mol. The average Bonchev–Trinajstić information content (AvgIpc) is 2.58. The van der Waals surface area contributed by atoms with Gasteiger partial charge in [-0.2, -0.15) is 4.98 Å². The molecule has 0 spiro atoms. The largest absolute Gasteiger partial charge is 0.376 e. The third-order valence-corrected chi connectivity index (χ3v) is 3.41. The summed E-state index contributed by atoms with van der Waals surface area (Å²) in [5, 5.41) is 13.9. The summed E-state index contributed by atoms with van der Waals surface area (Å²) in [6, 6.07) is 0. The first-order valence-electron chi connectivity index (χ1n) is 5.49. The summed E-state index contributed by atoms with van der Waals surface area (Å²) in [6.45, 7) is 4.45. The molecule has 1 aromatic rings. The molecule has 0 aliphatic carbocycles. The molecule has 1 aliphatic rings. The molecule has 2 atom stereocenters. The van der Waals surface area contributed by atoms with Crippen molar-refractivity contribution in [3.8, 4) is 0 Å². The first kappa shape index (κ1) is 13.0. The molecule has 1 N–H and O–H groups in total. The highest BCUT2D eigenvalue weighted by atomic mass is 35.5. The van der Waals surface area contributed by atoms with Crippen molar-refractivity contribution in [2.24, 2.45) is 0 Å². The summed E-state index contributed by atoms with van der Waals surface area (Å²) in [7, 11) is 0. The molecule has 0 aromatic carbocycles. The van der Waals surface area contributed by atoms with E-state index in [1.165, 1.54) is 0 Å². The van der Waals surface area contributed by atoms with Crippen LogP contribution in [0.25, 0.3) is 0 Å². The standard InChI is InChI=1S/C10H13ClN4O3/c1-6-10(2,3-4-18-6)14-8-7(15(16)17)5-12-9(11)13-8/h5-6H,3-4H2,1-2H3,(H,12,13,14). The first-order valence-corrected chi connectivity index (χ1v) is 5.87. The Morgan fingerprint density at radius 1 is 1.72 bits per heavy atom. The Kier molecular flexibility index (Phi) is 3.36. The number of nitro groups is 1. The SMILES string of the molecule is CC1OCCC1(C)Nc1nc(Cl)ncc1[N+](=O)[O-]. The number of aromatic nitrogens is 2. The number of anilines is 1. The van der Waals surface area contributed by atoms with Gasteiger partial charge in [-0.1, -0.05) is 0 Å². The van der Waals surface area contributed by atoms with Crippen molar-refractivity contribution in [3.05, 3.63) is 21.6 Å². The van der Waals surface area contributed by atoms with Crippen molar-refractivity contribution in [2.75, 3.05) is 11.9 Å². The molecule has 0 bridgehead atoms. The van der Waals surface area contributed by atoms with Gasteiger partial charge in [0.25, 0.3) is 0 Å². The van der Waals surface area contributed by atoms with Gasteiger partial charge in [0.1, 0.15) is 6.20 Å². The van der Waals surface area contributed by atoms with Crippen molar-refractivity contribution in [1.82, 2.24) is 9.97 Å². The van der Waals surface area contributed by atoms with Gasteiger partial charge < -0.3 is 10.1 Å². The fourth-order valence-corrected chi connectivity index (χ4v) is 1.98. The Balaban J connectivity index is 2.33. The summed E-state index contributed by atoms with van der Waals surface area (Å²) >= 11 is 5.67. The zero-order chi connectivity index (χ0) is 13.3. The second-order valence-electron chi connectivity index (χ2n) is 4.44. The van der Waals surface area contributed by atoms with Crippen molar-refractivity contribution < 1.29 is 9.66 Å². The van der Waals surface area contributed by atoms with Crippen LogP contribution >= 0.6 is 11.6 Å². The third-order valence-electron chi connectivity index (χ3n) is 3.23. The van der Waals surface area contributed by atoms with E-state index in [-0.39, 0.29) is 22.9 Å². The van der Waals surface area contributed by atoms with E-state index in [2.05, 4.69) is 15.3 Å². The summed E-state index contributed by atoms with van der Waals surface area (Å²) < 4.78 is 5.46. The fourth-order valence-electron chi connectivity index (χ4n) is 1.85. The Labute approximate surface area is 109 Å². The van der Waals surface area contributed by atoms with Crippen LogP contribution in [0, 0.1) is 10.1 Å². The maximum atomic E-state index is 10.9. The van der Waals surface area contributed by atoms with Crippen LogP contribution in [0.5, 0.6) is 0 Å². The second kappa shape index (κ2) is 4.66. The highest BCUT2D eigenvalue weighted by Gasteiger charge is 2.38. The van der Waals surface area contributed by atoms with E-state index in [0.29, 0.717) is 6.61 Å². The average molecular weight is 273 g/mol. The van der Waals surface area contributed by atoms with Crippen LogP contribution < -0.4 is 5.32 Å². The normalized spacial score (nSPS) is 27.2. The summed E-state index contributed by atoms with van der Waals surface area (Å²) in [5.41, 5.74) is -0.595. The molecule has 18 heavy (non-hydrogen) atoms. The number of hydrogen-bond acceptors (Lipinski definition) is 6. The molecule has 98 valence electrons. The minimum absolute atomic E-state index is 0.0294.